The summed E-state index contributed by atoms with van der Waals surface area (Å²) in [5.41, 5.74) is 0.697. The van der Waals surface area contributed by atoms with Crippen LogP contribution in [-0.4, -0.2) is 45.1 Å². The van der Waals surface area contributed by atoms with Gasteiger partial charge in [-0.15, -0.1) is 0 Å². The molecule has 2 rings (SSSR count). The molecule has 1 aromatic carbocycles. The van der Waals surface area contributed by atoms with Gasteiger partial charge in [-0.2, -0.15) is 0 Å². The van der Waals surface area contributed by atoms with Crippen molar-refractivity contribution >= 4 is 27.6 Å². The summed E-state index contributed by atoms with van der Waals surface area (Å²) in [4.78, 5) is 18.2. The van der Waals surface area contributed by atoms with Crippen LogP contribution in [0.5, 0.6) is 0 Å². The Hall–Kier alpha value is -1.82. The number of carbonyl (C=O) groups excluding carboxylic acids is 1. The Morgan fingerprint density at radius 1 is 1.48 bits per heavy atom. The summed E-state index contributed by atoms with van der Waals surface area (Å²) in [5, 5.41) is 0.584. The van der Waals surface area contributed by atoms with Crippen LogP contribution in [0.15, 0.2) is 30.5 Å². The van der Waals surface area contributed by atoms with Crippen LogP contribution >= 0.6 is 0 Å². The molecule has 0 radical (unpaired) electrons. The number of rotatable bonds is 4. The van der Waals surface area contributed by atoms with Gasteiger partial charge in [-0.1, -0.05) is 6.07 Å². The van der Waals surface area contributed by atoms with E-state index < -0.39 is 16.6 Å². The van der Waals surface area contributed by atoms with E-state index in [1.165, 1.54) is 17.0 Å². The van der Waals surface area contributed by atoms with Gasteiger partial charge in [0.2, 0.25) is 0 Å². The van der Waals surface area contributed by atoms with Crippen LogP contribution in [0.1, 0.15) is 17.3 Å². The minimum absolute atomic E-state index is 0.203. The van der Waals surface area contributed by atoms with Gasteiger partial charge in [-0.3, -0.25) is 14.0 Å². The lowest BCUT2D eigenvalue weighted by Gasteiger charge is -2.24. The molecule has 0 spiro atoms. The number of pyridine rings is 1. The molecule has 1 heterocycles. The number of nitrogens with zero attached hydrogens (tertiary/aromatic N) is 2. The van der Waals surface area contributed by atoms with E-state index in [4.69, 9.17) is 0 Å². The molecule has 0 saturated heterocycles. The van der Waals surface area contributed by atoms with Crippen LogP contribution < -0.4 is 0 Å². The molecule has 0 bridgehead atoms. The first-order valence-electron chi connectivity index (χ1n) is 6.51. The average molecular weight is 308 g/mol. The highest BCUT2D eigenvalue weighted by Gasteiger charge is 2.21. The lowest BCUT2D eigenvalue weighted by Crippen LogP contribution is -2.38. The predicted molar refractivity (Wildman–Crippen MR) is 82.2 cm³/mol. The largest absolute Gasteiger partial charge is 0.338 e. The molecule has 0 aliphatic carbocycles. The number of halogens is 1. The van der Waals surface area contributed by atoms with Crippen LogP contribution in [0.3, 0.4) is 0 Å². The SMILES string of the molecule is CC(CS(C)=O)N(C)C(=O)c1cc(F)cc2cccnc12. The third-order valence-corrected chi connectivity index (χ3v) is 4.31. The zero-order valence-electron chi connectivity index (χ0n) is 12.2. The molecule has 0 aliphatic heterocycles. The van der Waals surface area contributed by atoms with Crippen LogP contribution in [-0.2, 0) is 10.8 Å². The number of hydrogen-bond acceptors (Lipinski definition) is 3. The Labute approximate surface area is 125 Å². The molecule has 2 aromatic rings. The van der Waals surface area contributed by atoms with Crippen LogP contribution in [0.4, 0.5) is 4.39 Å². The third-order valence-electron chi connectivity index (χ3n) is 3.36. The molecule has 0 saturated carbocycles. The summed E-state index contributed by atoms with van der Waals surface area (Å²) in [7, 11) is 0.620. The quantitative estimate of drug-likeness (QED) is 0.870. The molecule has 0 aliphatic rings. The molecule has 4 nitrogen and oxygen atoms in total. The summed E-state index contributed by atoms with van der Waals surface area (Å²) < 4.78 is 25.0. The molecule has 2 atom stereocenters. The fourth-order valence-corrected chi connectivity index (χ4v) is 3.06. The van der Waals surface area contributed by atoms with Crippen LogP contribution in [0.2, 0.25) is 0 Å². The minimum atomic E-state index is -1.00. The number of carbonyl (C=O) groups is 1. The van der Waals surface area contributed by atoms with Crippen LogP contribution in [0.25, 0.3) is 10.9 Å². The first kappa shape index (κ1) is 15.6. The molecule has 1 amide bonds. The average Bonchev–Trinajstić information content (AvgIpc) is 2.44. The molecule has 0 N–H and O–H groups in total. The molecule has 21 heavy (non-hydrogen) atoms. The molecule has 2 unspecified atom stereocenters. The minimum Gasteiger partial charge on any atom is -0.338 e. The van der Waals surface area contributed by atoms with Crippen molar-refractivity contribution in [3.63, 3.8) is 0 Å². The van der Waals surface area contributed by atoms with E-state index in [-0.39, 0.29) is 17.5 Å². The van der Waals surface area contributed by atoms with Gasteiger partial charge in [-0.25, -0.2) is 4.39 Å². The molecule has 1 aromatic heterocycles. The van der Waals surface area contributed by atoms with E-state index in [0.717, 1.165) is 0 Å². The van der Waals surface area contributed by atoms with E-state index in [0.29, 0.717) is 16.7 Å². The van der Waals surface area contributed by atoms with E-state index >= 15 is 0 Å². The van der Waals surface area contributed by atoms with E-state index in [2.05, 4.69) is 4.98 Å². The van der Waals surface area contributed by atoms with Crippen molar-refractivity contribution in [3.8, 4) is 0 Å². The maximum absolute atomic E-state index is 13.7. The Morgan fingerprint density at radius 3 is 2.86 bits per heavy atom. The third kappa shape index (κ3) is 3.44. The highest BCUT2D eigenvalue weighted by atomic mass is 32.2. The van der Waals surface area contributed by atoms with E-state index in [9.17, 15) is 13.4 Å². The van der Waals surface area contributed by atoms with Gasteiger partial charge in [-0.05, 0) is 25.1 Å². The van der Waals surface area contributed by atoms with Crippen molar-refractivity contribution in [2.75, 3.05) is 19.1 Å². The Kier molecular flexibility index (Phi) is 4.67. The van der Waals surface area contributed by atoms with E-state index in [1.54, 1.807) is 31.6 Å². The van der Waals surface area contributed by atoms with Crippen molar-refractivity contribution in [1.82, 2.24) is 9.88 Å². The predicted octanol–water partition coefficient (Wildman–Crippen LogP) is 2.21. The highest BCUT2D eigenvalue weighted by molar-refractivity contribution is 7.84. The number of fused-ring (bicyclic) bond motifs is 1. The van der Waals surface area contributed by atoms with Crippen molar-refractivity contribution < 1.29 is 13.4 Å². The van der Waals surface area contributed by atoms with Crippen molar-refractivity contribution in [2.45, 2.75) is 13.0 Å². The van der Waals surface area contributed by atoms with E-state index in [1.807, 2.05) is 6.92 Å². The van der Waals surface area contributed by atoms with Gasteiger partial charge in [0.1, 0.15) is 5.82 Å². The summed E-state index contributed by atoms with van der Waals surface area (Å²) in [6, 6.07) is 5.76. The maximum Gasteiger partial charge on any atom is 0.256 e. The van der Waals surface area contributed by atoms with Crippen molar-refractivity contribution in [2.24, 2.45) is 0 Å². The number of benzene rings is 1. The van der Waals surface area contributed by atoms with Gasteiger partial charge in [0.25, 0.3) is 5.91 Å². The Bertz CT molecular complexity index is 705. The normalized spacial score (nSPS) is 13.9. The second-order valence-electron chi connectivity index (χ2n) is 5.03. The standard InChI is InChI=1S/C15H17FN2O2S/c1-10(9-21(3)20)18(2)15(19)13-8-12(16)7-11-5-4-6-17-14(11)13/h4-8,10H,9H2,1-3H3. The van der Waals surface area contributed by atoms with Gasteiger partial charge < -0.3 is 4.90 Å². The first-order chi connectivity index (χ1) is 9.90. The summed E-state index contributed by atoms with van der Waals surface area (Å²) in [5.74, 6) is -0.418. The number of amides is 1. The second-order valence-corrected chi connectivity index (χ2v) is 6.51. The molecular formula is C15H17FN2O2S. The van der Waals surface area contributed by atoms with Gasteiger partial charge in [0, 0.05) is 47.5 Å². The summed E-state index contributed by atoms with van der Waals surface area (Å²) in [6.07, 6.45) is 3.16. The molecule has 0 fully saturated rings. The molecule has 6 heteroatoms. The first-order valence-corrected chi connectivity index (χ1v) is 8.24. The Morgan fingerprint density at radius 2 is 2.19 bits per heavy atom. The number of hydrogen-bond donors (Lipinski definition) is 0. The second kappa shape index (κ2) is 6.30. The summed E-state index contributed by atoms with van der Waals surface area (Å²) >= 11 is 0. The monoisotopic (exact) mass is 308 g/mol. The van der Waals surface area contributed by atoms with Gasteiger partial charge in [0.15, 0.2) is 0 Å². The lowest BCUT2D eigenvalue weighted by molar-refractivity contribution is 0.0758. The summed E-state index contributed by atoms with van der Waals surface area (Å²) in [6.45, 7) is 1.81. The van der Waals surface area contributed by atoms with Crippen molar-refractivity contribution in [3.05, 3.63) is 41.8 Å². The smallest absolute Gasteiger partial charge is 0.256 e. The zero-order valence-corrected chi connectivity index (χ0v) is 13.0. The Balaban J connectivity index is 2.41. The van der Waals surface area contributed by atoms with Gasteiger partial charge in [0.05, 0.1) is 11.1 Å². The number of aromatic nitrogens is 1. The van der Waals surface area contributed by atoms with Crippen molar-refractivity contribution in [1.29, 1.82) is 0 Å². The topological polar surface area (TPSA) is 50.3 Å². The van der Waals surface area contributed by atoms with Crippen LogP contribution in [0, 0.1) is 5.82 Å². The molecular weight excluding hydrogens is 291 g/mol. The zero-order chi connectivity index (χ0) is 15.6. The molecule has 112 valence electrons. The fourth-order valence-electron chi connectivity index (χ4n) is 2.16. The fraction of sp³-hybridized carbons (Fsp3) is 0.333. The highest BCUT2D eigenvalue weighted by Crippen LogP contribution is 2.20. The lowest BCUT2D eigenvalue weighted by atomic mass is 10.1. The maximum atomic E-state index is 13.7. The van der Waals surface area contributed by atoms with Gasteiger partial charge >= 0.3 is 0 Å².